The lowest BCUT2D eigenvalue weighted by Crippen LogP contribution is -2.15. The number of carbonyl (C=O) groups excluding carboxylic acids is 1. The first-order valence-corrected chi connectivity index (χ1v) is 5.17. The van der Waals surface area contributed by atoms with Gasteiger partial charge in [-0.1, -0.05) is 12.1 Å². The lowest BCUT2D eigenvalue weighted by Gasteiger charge is -2.08. The van der Waals surface area contributed by atoms with Crippen LogP contribution < -0.4 is 10.1 Å². The molecule has 0 heterocycles. The number of ether oxygens (including phenoxy) is 1. The molecule has 1 amide bonds. The fourth-order valence-corrected chi connectivity index (χ4v) is 1.38. The van der Waals surface area contributed by atoms with E-state index in [4.69, 9.17) is 16.3 Å². The number of amides is 1. The summed E-state index contributed by atoms with van der Waals surface area (Å²) in [5.41, 5.74) is 2.06. The Bertz CT molecular complexity index is 352. The van der Waals surface area contributed by atoms with E-state index in [9.17, 15) is 4.79 Å². The quantitative estimate of drug-likeness (QED) is 0.635. The standard InChI is InChI=1S/C11H14ClNO2/c1-3-15-10-5-4-9(6-8(10)2)7-13-11(12)14/h4-6H,3,7H2,1-2H3,(H,13,14). The molecule has 1 rings (SSSR count). The molecule has 0 aliphatic rings. The van der Waals surface area contributed by atoms with Crippen LogP contribution in [0.1, 0.15) is 18.1 Å². The second kappa shape index (κ2) is 5.61. The van der Waals surface area contributed by atoms with Gasteiger partial charge in [0.25, 0.3) is 0 Å². The third-order valence-corrected chi connectivity index (χ3v) is 2.10. The normalized spacial score (nSPS) is 9.80. The van der Waals surface area contributed by atoms with Gasteiger partial charge < -0.3 is 10.1 Å². The maximum Gasteiger partial charge on any atom is 0.314 e. The molecule has 15 heavy (non-hydrogen) atoms. The number of benzene rings is 1. The summed E-state index contributed by atoms with van der Waals surface area (Å²) in [5.74, 6) is 0.874. The van der Waals surface area contributed by atoms with E-state index in [1.165, 1.54) is 0 Å². The highest BCUT2D eigenvalue weighted by molar-refractivity contribution is 6.62. The molecule has 3 nitrogen and oxygen atoms in total. The second-order valence-corrected chi connectivity index (χ2v) is 3.50. The number of aryl methyl sites for hydroxylation is 1. The Morgan fingerprint density at radius 3 is 2.80 bits per heavy atom. The number of nitrogens with one attached hydrogen (secondary N) is 1. The van der Waals surface area contributed by atoms with Gasteiger partial charge in [-0.3, -0.25) is 4.79 Å². The van der Waals surface area contributed by atoms with E-state index in [0.29, 0.717) is 13.2 Å². The fourth-order valence-electron chi connectivity index (χ4n) is 1.31. The predicted molar refractivity (Wildman–Crippen MR) is 60.4 cm³/mol. The zero-order valence-corrected chi connectivity index (χ0v) is 9.60. The van der Waals surface area contributed by atoms with Crippen molar-refractivity contribution in [2.24, 2.45) is 0 Å². The molecule has 0 fully saturated rings. The highest BCUT2D eigenvalue weighted by atomic mass is 35.5. The van der Waals surface area contributed by atoms with E-state index in [1.54, 1.807) is 0 Å². The molecule has 0 aliphatic heterocycles. The SMILES string of the molecule is CCOc1ccc(CNC(=O)Cl)cc1C. The Hall–Kier alpha value is -1.22. The number of carbonyl (C=O) groups is 1. The lowest BCUT2D eigenvalue weighted by atomic mass is 10.1. The molecular weight excluding hydrogens is 214 g/mol. The minimum Gasteiger partial charge on any atom is -0.494 e. The van der Waals surface area contributed by atoms with E-state index >= 15 is 0 Å². The van der Waals surface area contributed by atoms with Crippen molar-refractivity contribution >= 4 is 17.0 Å². The molecule has 0 aliphatic carbocycles. The highest BCUT2D eigenvalue weighted by Crippen LogP contribution is 2.18. The first-order valence-electron chi connectivity index (χ1n) is 4.79. The molecule has 0 spiro atoms. The molecule has 0 aromatic heterocycles. The molecule has 82 valence electrons. The van der Waals surface area contributed by atoms with Crippen LogP contribution in [0, 0.1) is 6.92 Å². The molecule has 4 heteroatoms. The van der Waals surface area contributed by atoms with Crippen LogP contribution in [0.5, 0.6) is 5.75 Å². The molecule has 0 atom stereocenters. The fraction of sp³-hybridized carbons (Fsp3) is 0.364. The van der Waals surface area contributed by atoms with Crippen LogP contribution in [0.15, 0.2) is 18.2 Å². The van der Waals surface area contributed by atoms with Crippen molar-refractivity contribution in [1.29, 1.82) is 0 Å². The topological polar surface area (TPSA) is 38.3 Å². The van der Waals surface area contributed by atoms with E-state index in [1.807, 2.05) is 32.0 Å². The minimum absolute atomic E-state index is 0.440. The summed E-state index contributed by atoms with van der Waals surface area (Å²) in [5, 5.41) is 1.99. The van der Waals surface area contributed by atoms with Crippen LogP contribution in [0.3, 0.4) is 0 Å². The van der Waals surface area contributed by atoms with Crippen LogP contribution in [-0.2, 0) is 6.54 Å². The Morgan fingerprint density at radius 2 is 2.27 bits per heavy atom. The summed E-state index contributed by atoms with van der Waals surface area (Å²) in [6, 6.07) is 5.77. The van der Waals surface area contributed by atoms with Crippen molar-refractivity contribution < 1.29 is 9.53 Å². The van der Waals surface area contributed by atoms with E-state index in [-0.39, 0.29) is 0 Å². The smallest absolute Gasteiger partial charge is 0.314 e. The van der Waals surface area contributed by atoms with E-state index in [0.717, 1.165) is 16.9 Å². The molecule has 1 aromatic carbocycles. The summed E-state index contributed by atoms with van der Waals surface area (Å²) >= 11 is 5.17. The summed E-state index contributed by atoms with van der Waals surface area (Å²) in [7, 11) is 0. The van der Waals surface area contributed by atoms with Gasteiger partial charge in [0.15, 0.2) is 0 Å². The summed E-state index contributed by atoms with van der Waals surface area (Å²) < 4.78 is 5.40. The van der Waals surface area contributed by atoms with Gasteiger partial charge in [-0.15, -0.1) is 0 Å². The predicted octanol–water partition coefficient (Wildman–Crippen LogP) is 2.84. The minimum atomic E-state index is -0.540. The monoisotopic (exact) mass is 227 g/mol. The van der Waals surface area contributed by atoms with Gasteiger partial charge >= 0.3 is 5.37 Å². The van der Waals surface area contributed by atoms with Crippen molar-refractivity contribution in [2.75, 3.05) is 6.61 Å². The molecule has 0 saturated carbocycles. The molecule has 0 saturated heterocycles. The zero-order valence-electron chi connectivity index (χ0n) is 8.84. The zero-order chi connectivity index (χ0) is 11.3. The Morgan fingerprint density at radius 1 is 1.53 bits per heavy atom. The number of rotatable bonds is 4. The van der Waals surface area contributed by atoms with Crippen LogP contribution in [-0.4, -0.2) is 12.0 Å². The van der Waals surface area contributed by atoms with Crippen molar-refractivity contribution in [3.8, 4) is 5.75 Å². The van der Waals surface area contributed by atoms with Crippen LogP contribution >= 0.6 is 11.6 Å². The second-order valence-electron chi connectivity index (χ2n) is 3.16. The maximum absolute atomic E-state index is 10.5. The average molecular weight is 228 g/mol. The van der Waals surface area contributed by atoms with Crippen LogP contribution in [0.25, 0.3) is 0 Å². The largest absolute Gasteiger partial charge is 0.494 e. The Balaban J connectivity index is 2.68. The molecule has 1 aromatic rings. The summed E-state index contributed by atoms with van der Waals surface area (Å²) in [4.78, 5) is 10.5. The first-order chi connectivity index (χ1) is 7.13. The van der Waals surface area contributed by atoms with Gasteiger partial charge in [0.2, 0.25) is 0 Å². The Kier molecular flexibility index (Phi) is 4.43. The number of halogens is 1. The summed E-state index contributed by atoms with van der Waals surface area (Å²) in [6.07, 6.45) is 0. The summed E-state index contributed by atoms with van der Waals surface area (Å²) in [6.45, 7) is 5.01. The molecular formula is C11H14ClNO2. The molecule has 0 unspecified atom stereocenters. The van der Waals surface area contributed by atoms with Crippen molar-refractivity contribution in [1.82, 2.24) is 5.32 Å². The van der Waals surface area contributed by atoms with Crippen molar-refractivity contribution in [2.45, 2.75) is 20.4 Å². The van der Waals surface area contributed by atoms with Crippen LogP contribution in [0.2, 0.25) is 0 Å². The van der Waals surface area contributed by atoms with Crippen molar-refractivity contribution in [3.05, 3.63) is 29.3 Å². The van der Waals surface area contributed by atoms with Crippen molar-refractivity contribution in [3.63, 3.8) is 0 Å². The Labute approximate surface area is 94.4 Å². The van der Waals surface area contributed by atoms with Gasteiger partial charge in [0, 0.05) is 6.54 Å². The van der Waals surface area contributed by atoms with E-state index in [2.05, 4.69) is 5.32 Å². The highest BCUT2D eigenvalue weighted by Gasteiger charge is 2.01. The third-order valence-electron chi connectivity index (χ3n) is 1.97. The van der Waals surface area contributed by atoms with Gasteiger partial charge in [0.05, 0.1) is 6.61 Å². The average Bonchev–Trinajstić information content (AvgIpc) is 2.19. The van der Waals surface area contributed by atoms with E-state index < -0.39 is 5.37 Å². The van der Waals surface area contributed by atoms with Crippen LogP contribution in [0.4, 0.5) is 4.79 Å². The number of hydrogen-bond acceptors (Lipinski definition) is 2. The molecule has 1 N–H and O–H groups in total. The molecule has 0 bridgehead atoms. The van der Waals surface area contributed by atoms with Gasteiger partial charge in [0.1, 0.15) is 5.75 Å². The van der Waals surface area contributed by atoms with Gasteiger partial charge in [-0.25, -0.2) is 0 Å². The van der Waals surface area contributed by atoms with Gasteiger partial charge in [-0.2, -0.15) is 0 Å². The third kappa shape index (κ3) is 3.80. The lowest BCUT2D eigenvalue weighted by molar-refractivity contribution is 0.259. The number of hydrogen-bond donors (Lipinski definition) is 1. The molecule has 0 radical (unpaired) electrons. The van der Waals surface area contributed by atoms with Gasteiger partial charge in [-0.05, 0) is 42.6 Å². The first kappa shape index (κ1) is 11.9. The maximum atomic E-state index is 10.5.